The molecule has 42 valence electrons. The van der Waals surface area contributed by atoms with Crippen molar-refractivity contribution in [3.05, 3.63) is 0 Å². The van der Waals surface area contributed by atoms with Crippen LogP contribution in [0.25, 0.3) is 0 Å². The zero-order valence-electron chi connectivity index (χ0n) is 4.99. The highest BCUT2D eigenvalue weighted by Crippen LogP contribution is 1.48. The fourth-order valence-electron chi connectivity index (χ4n) is 0.374. The summed E-state index contributed by atoms with van der Waals surface area (Å²) in [6.45, 7) is 5.67. The summed E-state index contributed by atoms with van der Waals surface area (Å²) in [5.41, 5.74) is 6.41. The SMILES string of the molecule is CC[NH+]=C(C)CN. The number of nitrogens with two attached hydrogens (primary N) is 1. The molecule has 0 rings (SSSR count). The Morgan fingerprint density at radius 1 is 1.71 bits per heavy atom. The van der Waals surface area contributed by atoms with Crippen molar-refractivity contribution in [2.45, 2.75) is 13.8 Å². The van der Waals surface area contributed by atoms with E-state index in [1.165, 1.54) is 0 Å². The molecule has 0 saturated carbocycles. The highest BCUT2D eigenvalue weighted by molar-refractivity contribution is 5.77. The van der Waals surface area contributed by atoms with E-state index in [1.54, 1.807) is 0 Å². The van der Waals surface area contributed by atoms with E-state index in [1.807, 2.05) is 6.92 Å². The van der Waals surface area contributed by atoms with Crippen molar-refractivity contribution in [3.63, 3.8) is 0 Å². The molecule has 0 saturated heterocycles. The Hall–Kier alpha value is -0.370. The third-order valence-corrected chi connectivity index (χ3v) is 0.785. The average molecular weight is 101 g/mol. The highest BCUT2D eigenvalue weighted by Gasteiger charge is 1.86. The zero-order chi connectivity index (χ0) is 5.70. The fourth-order valence-corrected chi connectivity index (χ4v) is 0.374. The molecule has 0 aliphatic carbocycles. The molecule has 0 unspecified atom stereocenters. The third kappa shape index (κ3) is 3.46. The van der Waals surface area contributed by atoms with Gasteiger partial charge in [0.1, 0.15) is 6.54 Å². The minimum atomic E-state index is 0.647. The smallest absolute Gasteiger partial charge is 0.161 e. The van der Waals surface area contributed by atoms with Gasteiger partial charge in [-0.1, -0.05) is 0 Å². The first-order valence-electron chi connectivity index (χ1n) is 2.57. The summed E-state index contributed by atoms with van der Waals surface area (Å²) >= 11 is 0. The molecule has 0 fully saturated rings. The molecule has 3 N–H and O–H groups in total. The molecule has 7 heavy (non-hydrogen) atoms. The predicted octanol–water partition coefficient (Wildman–Crippen LogP) is -1.49. The number of hydrogen-bond donors (Lipinski definition) is 2. The minimum Gasteiger partial charge on any atom is -0.322 e. The van der Waals surface area contributed by atoms with E-state index in [4.69, 9.17) is 5.73 Å². The molecule has 0 aromatic rings. The molecule has 0 spiro atoms. The number of hydrogen-bond acceptors (Lipinski definition) is 1. The molecule has 0 atom stereocenters. The zero-order valence-corrected chi connectivity index (χ0v) is 4.99. The molecule has 0 aromatic carbocycles. The Labute approximate surface area is 44.4 Å². The lowest BCUT2D eigenvalue weighted by Crippen LogP contribution is -2.73. The van der Waals surface area contributed by atoms with Crippen molar-refractivity contribution in [1.29, 1.82) is 0 Å². The van der Waals surface area contributed by atoms with E-state index in [9.17, 15) is 0 Å². The van der Waals surface area contributed by atoms with Gasteiger partial charge in [0.2, 0.25) is 0 Å². The molecule has 0 heterocycles. The summed E-state index contributed by atoms with van der Waals surface area (Å²) < 4.78 is 0. The second-order valence-electron chi connectivity index (χ2n) is 1.51. The van der Waals surface area contributed by atoms with Crippen molar-refractivity contribution in [2.24, 2.45) is 5.73 Å². The Bertz CT molecular complexity index is 66.5. The third-order valence-electron chi connectivity index (χ3n) is 0.785. The first-order chi connectivity index (χ1) is 3.31. The van der Waals surface area contributed by atoms with Crippen molar-refractivity contribution in [2.75, 3.05) is 13.1 Å². The van der Waals surface area contributed by atoms with E-state index in [0.29, 0.717) is 6.54 Å². The van der Waals surface area contributed by atoms with Gasteiger partial charge < -0.3 is 5.73 Å². The predicted molar refractivity (Wildman–Crippen MR) is 31.2 cm³/mol. The minimum absolute atomic E-state index is 0.647. The van der Waals surface area contributed by atoms with Gasteiger partial charge in [-0.25, -0.2) is 4.99 Å². The fraction of sp³-hybridized carbons (Fsp3) is 0.800. The van der Waals surface area contributed by atoms with Gasteiger partial charge in [0.15, 0.2) is 5.71 Å². The van der Waals surface area contributed by atoms with Crippen molar-refractivity contribution in [3.8, 4) is 0 Å². The van der Waals surface area contributed by atoms with Crippen LogP contribution in [0.15, 0.2) is 0 Å². The molecule has 0 amide bonds. The van der Waals surface area contributed by atoms with Gasteiger partial charge in [-0.05, 0) is 6.92 Å². The summed E-state index contributed by atoms with van der Waals surface area (Å²) in [4.78, 5) is 3.09. The molecular formula is C5H13N2+. The van der Waals surface area contributed by atoms with Crippen LogP contribution in [0.1, 0.15) is 13.8 Å². The quantitative estimate of drug-likeness (QED) is 0.409. The summed E-state index contributed by atoms with van der Waals surface area (Å²) in [6.07, 6.45) is 0. The first kappa shape index (κ1) is 6.63. The van der Waals surface area contributed by atoms with Crippen molar-refractivity contribution >= 4 is 5.71 Å². The van der Waals surface area contributed by atoms with E-state index < -0.39 is 0 Å². The molecule has 0 aromatic heterocycles. The van der Waals surface area contributed by atoms with Crippen molar-refractivity contribution < 1.29 is 4.99 Å². The highest BCUT2D eigenvalue weighted by atomic mass is 14.7. The maximum Gasteiger partial charge on any atom is 0.161 e. The van der Waals surface area contributed by atoms with Gasteiger partial charge in [-0.2, -0.15) is 0 Å². The standard InChI is InChI=1S/C5H12N2/c1-3-7-5(2)4-6/h3-4,6H2,1-2H3/p+1. The van der Waals surface area contributed by atoms with Crippen LogP contribution >= 0.6 is 0 Å². The molecule has 2 nitrogen and oxygen atoms in total. The van der Waals surface area contributed by atoms with Crippen LogP contribution < -0.4 is 10.7 Å². The summed E-state index contributed by atoms with van der Waals surface area (Å²) in [5.74, 6) is 0. The summed E-state index contributed by atoms with van der Waals surface area (Å²) in [5, 5.41) is 0. The van der Waals surface area contributed by atoms with Crippen LogP contribution in [0, 0.1) is 0 Å². The van der Waals surface area contributed by atoms with Gasteiger partial charge in [0.05, 0.1) is 6.54 Å². The second kappa shape index (κ2) is 3.81. The average Bonchev–Trinajstić information content (AvgIpc) is 1.68. The Kier molecular flexibility index (Phi) is 3.61. The van der Waals surface area contributed by atoms with Crippen LogP contribution in [0.3, 0.4) is 0 Å². The van der Waals surface area contributed by atoms with Crippen molar-refractivity contribution in [1.82, 2.24) is 0 Å². The Morgan fingerprint density at radius 2 is 2.29 bits per heavy atom. The van der Waals surface area contributed by atoms with E-state index in [2.05, 4.69) is 11.9 Å². The van der Waals surface area contributed by atoms with Crippen LogP contribution in [0.2, 0.25) is 0 Å². The van der Waals surface area contributed by atoms with Crippen LogP contribution in [0.5, 0.6) is 0 Å². The van der Waals surface area contributed by atoms with Crippen LogP contribution in [-0.2, 0) is 0 Å². The lowest BCUT2D eigenvalue weighted by atomic mass is 10.4. The molecule has 2 heteroatoms. The Morgan fingerprint density at radius 3 is 2.43 bits per heavy atom. The number of nitrogens with one attached hydrogen (secondary N) is 1. The van der Waals surface area contributed by atoms with Gasteiger partial charge in [0, 0.05) is 6.92 Å². The molecule has 0 aliphatic rings. The number of rotatable bonds is 2. The molecular weight excluding hydrogens is 88.1 g/mol. The maximum absolute atomic E-state index is 5.26. The summed E-state index contributed by atoms with van der Waals surface area (Å²) in [7, 11) is 0. The van der Waals surface area contributed by atoms with Gasteiger partial charge in [0.25, 0.3) is 0 Å². The monoisotopic (exact) mass is 101 g/mol. The molecule has 0 radical (unpaired) electrons. The second-order valence-corrected chi connectivity index (χ2v) is 1.51. The topological polar surface area (TPSA) is 40.0 Å². The van der Waals surface area contributed by atoms with E-state index in [0.717, 1.165) is 12.3 Å². The summed E-state index contributed by atoms with van der Waals surface area (Å²) in [6, 6.07) is 0. The van der Waals surface area contributed by atoms with Gasteiger partial charge in [-0.3, -0.25) is 0 Å². The van der Waals surface area contributed by atoms with E-state index >= 15 is 0 Å². The lowest BCUT2D eigenvalue weighted by Gasteiger charge is -1.81. The normalized spacial score (nSPS) is 12.1. The Balaban J connectivity index is 3.29. The van der Waals surface area contributed by atoms with Gasteiger partial charge >= 0.3 is 0 Å². The van der Waals surface area contributed by atoms with Crippen LogP contribution in [0.4, 0.5) is 0 Å². The van der Waals surface area contributed by atoms with E-state index in [-0.39, 0.29) is 0 Å². The molecule has 0 bridgehead atoms. The maximum atomic E-state index is 5.26. The first-order valence-corrected chi connectivity index (χ1v) is 2.57. The van der Waals surface area contributed by atoms with Gasteiger partial charge in [-0.15, -0.1) is 0 Å². The van der Waals surface area contributed by atoms with Crippen LogP contribution in [-0.4, -0.2) is 18.8 Å². The lowest BCUT2D eigenvalue weighted by molar-refractivity contribution is -0.453. The largest absolute Gasteiger partial charge is 0.322 e. The molecule has 0 aliphatic heterocycles.